The van der Waals surface area contributed by atoms with Gasteiger partial charge in [0, 0.05) is 12.2 Å². The summed E-state index contributed by atoms with van der Waals surface area (Å²) in [5.74, 6) is 0.266. The predicted octanol–water partition coefficient (Wildman–Crippen LogP) is -2.24. The van der Waals surface area contributed by atoms with Crippen molar-refractivity contribution in [2.45, 2.75) is 12.8 Å². The Morgan fingerprint density at radius 2 is 2.12 bits per heavy atom. The first kappa shape index (κ1) is 16.1. The van der Waals surface area contributed by atoms with E-state index in [9.17, 15) is 9.59 Å². The molecule has 6 nitrogen and oxygen atoms in total. The molecule has 0 radical (unpaired) electrons. The first-order chi connectivity index (χ1) is 7.20. The smallest absolute Gasteiger partial charge is 0.870 e. The molecule has 1 fully saturated rings. The van der Waals surface area contributed by atoms with Crippen LogP contribution in [0.1, 0.15) is 18.5 Å². The summed E-state index contributed by atoms with van der Waals surface area (Å²) >= 11 is 5.69. The van der Waals surface area contributed by atoms with Crippen LogP contribution < -0.4 is 24.2 Å². The summed E-state index contributed by atoms with van der Waals surface area (Å²) < 4.78 is 0. The van der Waals surface area contributed by atoms with Crippen LogP contribution in [0.25, 0.3) is 0 Å². The van der Waals surface area contributed by atoms with Crippen LogP contribution in [0.4, 0.5) is 5.82 Å². The number of carbonyl (C=O) groups excluding carboxylic acids is 2. The first-order valence-electron chi connectivity index (χ1n) is 4.43. The van der Waals surface area contributed by atoms with Crippen molar-refractivity contribution in [2.24, 2.45) is 5.92 Å². The second-order valence-electron chi connectivity index (χ2n) is 3.29. The molecule has 86 valence electrons. The summed E-state index contributed by atoms with van der Waals surface area (Å²) in [5, 5.41) is 9.84. The van der Waals surface area contributed by atoms with E-state index in [1.54, 1.807) is 6.29 Å². The average Bonchev–Trinajstić information content (AvgIpc) is 3.01. The summed E-state index contributed by atoms with van der Waals surface area (Å²) in [6, 6.07) is 1.38. The molecule has 0 unspecified atom stereocenters. The van der Waals surface area contributed by atoms with E-state index >= 15 is 0 Å². The van der Waals surface area contributed by atoms with E-state index in [1.165, 1.54) is 6.07 Å². The zero-order valence-electron chi connectivity index (χ0n) is 9.11. The van der Waals surface area contributed by atoms with E-state index in [1.807, 2.05) is 0 Å². The number of amides is 1. The molecule has 2 N–H and O–H groups in total. The van der Waals surface area contributed by atoms with Gasteiger partial charge >= 0.3 is 18.9 Å². The van der Waals surface area contributed by atoms with E-state index in [4.69, 9.17) is 11.6 Å². The zero-order valence-corrected chi connectivity index (χ0v) is 9.86. The molecule has 1 aromatic rings. The van der Waals surface area contributed by atoms with E-state index in [0.717, 1.165) is 12.8 Å². The maximum atomic E-state index is 11.3. The van der Waals surface area contributed by atoms with Crippen LogP contribution in [0.2, 0.25) is 5.02 Å². The Hall–Kier alpha value is -0.933. The van der Waals surface area contributed by atoms with E-state index in [0.29, 0.717) is 0 Å². The largest absolute Gasteiger partial charge is 1.00 e. The summed E-state index contributed by atoms with van der Waals surface area (Å²) in [6.07, 6.45) is 3.36. The van der Waals surface area contributed by atoms with Gasteiger partial charge in [-0.2, -0.15) is 5.10 Å². The Balaban J connectivity index is 0.00000128. The van der Waals surface area contributed by atoms with Gasteiger partial charge in [-0.3, -0.25) is 4.79 Å². The first-order valence-corrected chi connectivity index (χ1v) is 4.80. The summed E-state index contributed by atoms with van der Waals surface area (Å²) in [7, 11) is 0. The van der Waals surface area contributed by atoms with Gasteiger partial charge in [0.05, 0.1) is 0 Å². The minimum absolute atomic E-state index is 0. The van der Waals surface area contributed by atoms with Gasteiger partial charge in [0.1, 0.15) is 5.82 Å². The van der Waals surface area contributed by atoms with E-state index in [2.05, 4.69) is 15.5 Å². The fourth-order valence-corrected chi connectivity index (χ4v) is 1.25. The molecular formula is C9H8ClLiN3O3-. The van der Waals surface area contributed by atoms with Crippen molar-refractivity contribution in [3.63, 3.8) is 0 Å². The van der Waals surface area contributed by atoms with Gasteiger partial charge in [-0.05, 0) is 18.5 Å². The molecule has 0 saturated heterocycles. The van der Waals surface area contributed by atoms with Gasteiger partial charge in [0.2, 0.25) is 5.91 Å². The molecule has 1 aliphatic carbocycles. The van der Waals surface area contributed by atoms with Crippen molar-refractivity contribution in [3.8, 4) is 0 Å². The van der Waals surface area contributed by atoms with Gasteiger partial charge < -0.3 is 15.6 Å². The molecule has 1 heterocycles. The molecule has 1 aliphatic rings. The van der Waals surface area contributed by atoms with Crippen LogP contribution in [0.3, 0.4) is 0 Å². The van der Waals surface area contributed by atoms with Gasteiger partial charge in [-0.1, -0.05) is 11.1 Å². The Bertz CT molecular complexity index is 426. The number of rotatable bonds is 3. The molecule has 8 heteroatoms. The van der Waals surface area contributed by atoms with Crippen molar-refractivity contribution in [1.82, 2.24) is 10.2 Å². The Labute approximate surface area is 115 Å². The predicted molar refractivity (Wildman–Crippen MR) is 55.1 cm³/mol. The topological polar surface area (TPSA) is 102 Å². The maximum absolute atomic E-state index is 11.3. The molecule has 0 atom stereocenters. The third-order valence-corrected chi connectivity index (χ3v) is 2.33. The second-order valence-corrected chi connectivity index (χ2v) is 3.70. The summed E-state index contributed by atoms with van der Waals surface area (Å²) in [5.41, 5.74) is -0.0545. The molecule has 0 bridgehead atoms. The zero-order chi connectivity index (χ0) is 10.8. The normalized spacial score (nSPS) is 13.0. The molecule has 0 aromatic carbocycles. The van der Waals surface area contributed by atoms with Gasteiger partial charge in [0.15, 0.2) is 0 Å². The fraction of sp³-hybridized carbons (Fsp3) is 0.333. The molecular weight excluding hydrogens is 241 g/mol. The number of aromatic nitrogens is 2. The van der Waals surface area contributed by atoms with E-state index in [-0.39, 0.29) is 52.7 Å². The van der Waals surface area contributed by atoms with E-state index < -0.39 is 0 Å². The third-order valence-electron chi connectivity index (χ3n) is 2.04. The van der Waals surface area contributed by atoms with Crippen molar-refractivity contribution in [2.75, 3.05) is 5.32 Å². The molecule has 0 aliphatic heterocycles. The number of nitrogens with one attached hydrogen (secondary N) is 1. The molecule has 1 amide bonds. The summed E-state index contributed by atoms with van der Waals surface area (Å²) in [6.45, 7) is 0. The number of hydrogen-bond acceptors (Lipinski definition) is 5. The quantitative estimate of drug-likeness (QED) is 0.481. The monoisotopic (exact) mass is 248 g/mol. The SMILES string of the molecule is O=[C-]c1nnc(NC(=O)C2CC2)cc1Cl.[Li+].[OH-]. The summed E-state index contributed by atoms with van der Waals surface area (Å²) in [4.78, 5) is 21.6. The molecule has 1 saturated carbocycles. The van der Waals surface area contributed by atoms with Crippen molar-refractivity contribution in [3.05, 3.63) is 16.8 Å². The second kappa shape index (κ2) is 6.72. The number of nitrogens with zero attached hydrogens (tertiary/aromatic N) is 2. The van der Waals surface area contributed by atoms with Crippen LogP contribution in [-0.4, -0.2) is 27.9 Å². The Morgan fingerprint density at radius 1 is 1.47 bits per heavy atom. The maximum Gasteiger partial charge on any atom is 1.00 e. The average molecular weight is 249 g/mol. The Morgan fingerprint density at radius 3 is 2.59 bits per heavy atom. The Kier molecular flexibility index (Phi) is 6.35. The number of anilines is 1. The van der Waals surface area contributed by atoms with Crippen LogP contribution in [0, 0.1) is 5.92 Å². The fourth-order valence-electron chi connectivity index (χ4n) is 1.07. The van der Waals surface area contributed by atoms with Crippen molar-refractivity contribution in [1.29, 1.82) is 0 Å². The van der Waals surface area contributed by atoms with Crippen LogP contribution in [-0.2, 0) is 9.59 Å². The van der Waals surface area contributed by atoms with Gasteiger partial charge in [-0.15, -0.1) is 5.10 Å². The number of carbonyl (C=O) groups is 1. The molecule has 0 spiro atoms. The minimum Gasteiger partial charge on any atom is -0.870 e. The van der Waals surface area contributed by atoms with Gasteiger partial charge in [-0.25, -0.2) is 11.6 Å². The van der Waals surface area contributed by atoms with Crippen LogP contribution in [0.5, 0.6) is 0 Å². The van der Waals surface area contributed by atoms with Crippen molar-refractivity contribution < 1.29 is 33.9 Å². The van der Waals surface area contributed by atoms with Crippen LogP contribution in [0.15, 0.2) is 6.07 Å². The van der Waals surface area contributed by atoms with Crippen LogP contribution >= 0.6 is 11.6 Å². The standard InChI is InChI=1S/C9H7ClN3O2.Li.H2O/c10-6-3-8(13-12-7(6)4-14)11-9(15)5-1-2-5;;/h3,5H,1-2H2,(H,11,13,15);;1H2/q-1;+1;/p-1. The number of halogens is 1. The molecule has 1 aromatic heterocycles. The van der Waals surface area contributed by atoms with Gasteiger partial charge in [0.25, 0.3) is 0 Å². The molecule has 2 rings (SSSR count). The number of hydrogen-bond donors (Lipinski definition) is 1. The minimum atomic E-state index is -0.0804. The molecule has 17 heavy (non-hydrogen) atoms. The third kappa shape index (κ3) is 4.09. The van der Waals surface area contributed by atoms with Crippen molar-refractivity contribution >= 4 is 29.6 Å².